The molecule has 3 heteroatoms. The van der Waals surface area contributed by atoms with Gasteiger partial charge in [-0.05, 0) is 29.9 Å². The van der Waals surface area contributed by atoms with E-state index in [1.54, 1.807) is 0 Å². The fourth-order valence-corrected chi connectivity index (χ4v) is 2.25. The van der Waals surface area contributed by atoms with Crippen LogP contribution in [0.3, 0.4) is 0 Å². The third-order valence-electron chi connectivity index (χ3n) is 3.70. The number of nitrogens with one attached hydrogen (secondary N) is 1. The molecule has 1 aliphatic carbocycles. The molecule has 0 amide bonds. The number of rotatable bonds is 5. The SMILES string of the molecule is CC(C)c1ccc(C(O)CNC2CC(O)C2)cc1. The standard InChI is InChI=1S/C15H23NO2/c1-10(2)11-3-5-12(6-4-11)15(18)9-16-13-7-14(17)8-13/h3-6,10,13-18H,7-9H2,1-2H3. The molecule has 0 aromatic heterocycles. The molecule has 1 aliphatic rings. The summed E-state index contributed by atoms with van der Waals surface area (Å²) in [7, 11) is 0. The van der Waals surface area contributed by atoms with Crippen LogP contribution < -0.4 is 5.32 Å². The monoisotopic (exact) mass is 249 g/mol. The Labute approximate surface area is 109 Å². The van der Waals surface area contributed by atoms with Crippen molar-refractivity contribution in [2.24, 2.45) is 0 Å². The van der Waals surface area contributed by atoms with Gasteiger partial charge in [0, 0.05) is 12.6 Å². The molecule has 1 aromatic rings. The Morgan fingerprint density at radius 1 is 1.17 bits per heavy atom. The predicted molar refractivity (Wildman–Crippen MR) is 72.5 cm³/mol. The lowest BCUT2D eigenvalue weighted by molar-refractivity contribution is 0.0551. The molecule has 3 N–H and O–H groups in total. The summed E-state index contributed by atoms with van der Waals surface area (Å²) in [6.07, 6.45) is 0.992. The second-order valence-electron chi connectivity index (χ2n) is 5.57. The van der Waals surface area contributed by atoms with Crippen LogP contribution in [0.4, 0.5) is 0 Å². The van der Waals surface area contributed by atoms with Gasteiger partial charge in [-0.25, -0.2) is 0 Å². The van der Waals surface area contributed by atoms with Gasteiger partial charge in [0.15, 0.2) is 0 Å². The van der Waals surface area contributed by atoms with Crippen molar-refractivity contribution >= 4 is 0 Å². The molecule has 0 saturated heterocycles. The lowest BCUT2D eigenvalue weighted by atomic mass is 9.89. The summed E-state index contributed by atoms with van der Waals surface area (Å²) in [4.78, 5) is 0. The highest BCUT2D eigenvalue weighted by atomic mass is 16.3. The van der Waals surface area contributed by atoms with Gasteiger partial charge in [0.25, 0.3) is 0 Å². The molecule has 0 heterocycles. The summed E-state index contributed by atoms with van der Waals surface area (Å²) < 4.78 is 0. The molecule has 1 fully saturated rings. The van der Waals surface area contributed by atoms with Gasteiger partial charge < -0.3 is 15.5 Å². The summed E-state index contributed by atoms with van der Waals surface area (Å²) in [5, 5.41) is 22.5. The highest BCUT2D eigenvalue weighted by Gasteiger charge is 2.26. The number of hydrogen-bond acceptors (Lipinski definition) is 3. The van der Waals surface area contributed by atoms with E-state index in [4.69, 9.17) is 0 Å². The average molecular weight is 249 g/mol. The van der Waals surface area contributed by atoms with Gasteiger partial charge in [-0.15, -0.1) is 0 Å². The van der Waals surface area contributed by atoms with Gasteiger partial charge in [0.1, 0.15) is 0 Å². The lowest BCUT2D eigenvalue weighted by Crippen LogP contribution is -2.45. The van der Waals surface area contributed by atoms with Crippen LogP contribution in [-0.2, 0) is 0 Å². The highest BCUT2D eigenvalue weighted by molar-refractivity contribution is 5.26. The van der Waals surface area contributed by atoms with Crippen LogP contribution in [0.5, 0.6) is 0 Å². The molecule has 0 spiro atoms. The number of hydrogen-bond donors (Lipinski definition) is 3. The summed E-state index contributed by atoms with van der Waals surface area (Å²) in [6, 6.07) is 8.52. The third-order valence-corrected chi connectivity index (χ3v) is 3.70. The summed E-state index contributed by atoms with van der Waals surface area (Å²) >= 11 is 0. The van der Waals surface area contributed by atoms with Gasteiger partial charge >= 0.3 is 0 Å². The molecule has 0 aliphatic heterocycles. The normalized spacial score (nSPS) is 24.9. The minimum atomic E-state index is -0.469. The van der Waals surface area contributed by atoms with E-state index >= 15 is 0 Å². The largest absolute Gasteiger partial charge is 0.393 e. The van der Waals surface area contributed by atoms with Crippen molar-refractivity contribution in [3.8, 4) is 0 Å². The second kappa shape index (κ2) is 5.83. The van der Waals surface area contributed by atoms with Crippen molar-refractivity contribution < 1.29 is 10.2 Å². The number of aliphatic hydroxyl groups excluding tert-OH is 2. The zero-order valence-electron chi connectivity index (χ0n) is 11.1. The smallest absolute Gasteiger partial charge is 0.0914 e. The van der Waals surface area contributed by atoms with Crippen LogP contribution in [0.1, 0.15) is 49.8 Å². The van der Waals surface area contributed by atoms with Crippen molar-refractivity contribution in [3.05, 3.63) is 35.4 Å². The average Bonchev–Trinajstić information content (AvgIpc) is 2.33. The zero-order chi connectivity index (χ0) is 13.1. The van der Waals surface area contributed by atoms with Crippen molar-refractivity contribution in [2.75, 3.05) is 6.54 Å². The Kier molecular flexibility index (Phi) is 4.38. The minimum Gasteiger partial charge on any atom is -0.393 e. The summed E-state index contributed by atoms with van der Waals surface area (Å²) in [5.41, 5.74) is 2.24. The van der Waals surface area contributed by atoms with E-state index < -0.39 is 6.10 Å². The van der Waals surface area contributed by atoms with Crippen molar-refractivity contribution in [1.82, 2.24) is 5.32 Å². The van der Waals surface area contributed by atoms with E-state index in [9.17, 15) is 10.2 Å². The first-order valence-corrected chi connectivity index (χ1v) is 6.75. The van der Waals surface area contributed by atoms with Crippen molar-refractivity contribution in [3.63, 3.8) is 0 Å². The van der Waals surface area contributed by atoms with Crippen LogP contribution in [0.2, 0.25) is 0 Å². The molecule has 100 valence electrons. The second-order valence-corrected chi connectivity index (χ2v) is 5.57. The highest BCUT2D eigenvalue weighted by Crippen LogP contribution is 2.21. The number of aliphatic hydroxyl groups is 2. The molecular formula is C15H23NO2. The maximum atomic E-state index is 10.1. The maximum absolute atomic E-state index is 10.1. The Morgan fingerprint density at radius 3 is 2.22 bits per heavy atom. The Bertz CT molecular complexity index is 369. The van der Waals surface area contributed by atoms with Crippen LogP contribution >= 0.6 is 0 Å². The molecule has 0 radical (unpaired) electrons. The molecule has 3 nitrogen and oxygen atoms in total. The van der Waals surface area contributed by atoms with Crippen LogP contribution in [0.25, 0.3) is 0 Å². The fourth-order valence-electron chi connectivity index (χ4n) is 2.25. The fraction of sp³-hybridized carbons (Fsp3) is 0.600. The van der Waals surface area contributed by atoms with E-state index in [0.717, 1.165) is 18.4 Å². The van der Waals surface area contributed by atoms with Gasteiger partial charge in [-0.2, -0.15) is 0 Å². The first kappa shape index (κ1) is 13.5. The van der Waals surface area contributed by atoms with E-state index in [1.807, 2.05) is 12.1 Å². The molecule has 1 atom stereocenters. The van der Waals surface area contributed by atoms with E-state index in [1.165, 1.54) is 5.56 Å². The summed E-state index contributed by atoms with van der Waals surface area (Å²) in [5.74, 6) is 0.519. The van der Waals surface area contributed by atoms with Gasteiger partial charge in [-0.3, -0.25) is 0 Å². The van der Waals surface area contributed by atoms with E-state index in [-0.39, 0.29) is 6.10 Å². The number of benzene rings is 1. The van der Waals surface area contributed by atoms with Crippen LogP contribution in [0.15, 0.2) is 24.3 Å². The molecule has 1 saturated carbocycles. The first-order chi connectivity index (χ1) is 8.56. The third kappa shape index (κ3) is 3.31. The molecule has 1 unspecified atom stereocenters. The Morgan fingerprint density at radius 2 is 1.72 bits per heavy atom. The molecule has 2 rings (SSSR count). The molecule has 1 aromatic carbocycles. The Balaban J connectivity index is 1.82. The molecule has 18 heavy (non-hydrogen) atoms. The maximum Gasteiger partial charge on any atom is 0.0914 e. The zero-order valence-corrected chi connectivity index (χ0v) is 11.1. The van der Waals surface area contributed by atoms with Crippen molar-refractivity contribution in [2.45, 2.75) is 50.9 Å². The minimum absolute atomic E-state index is 0.148. The Hall–Kier alpha value is -0.900. The van der Waals surface area contributed by atoms with Gasteiger partial charge in [0.2, 0.25) is 0 Å². The quantitative estimate of drug-likeness (QED) is 0.747. The summed E-state index contributed by atoms with van der Waals surface area (Å²) in [6.45, 7) is 4.88. The first-order valence-electron chi connectivity index (χ1n) is 6.75. The van der Waals surface area contributed by atoms with Crippen molar-refractivity contribution in [1.29, 1.82) is 0 Å². The molecular weight excluding hydrogens is 226 g/mol. The van der Waals surface area contributed by atoms with Gasteiger partial charge in [-0.1, -0.05) is 38.1 Å². The molecule has 0 bridgehead atoms. The lowest BCUT2D eigenvalue weighted by Gasteiger charge is -2.32. The van der Waals surface area contributed by atoms with Crippen LogP contribution in [-0.4, -0.2) is 28.9 Å². The topological polar surface area (TPSA) is 52.5 Å². The predicted octanol–water partition coefficient (Wildman–Crippen LogP) is 1.96. The van der Waals surface area contributed by atoms with E-state index in [0.29, 0.717) is 18.5 Å². The van der Waals surface area contributed by atoms with E-state index in [2.05, 4.69) is 31.3 Å². The van der Waals surface area contributed by atoms with Gasteiger partial charge in [0.05, 0.1) is 12.2 Å². The van der Waals surface area contributed by atoms with Crippen LogP contribution in [0, 0.1) is 0 Å².